The minimum Gasteiger partial charge on any atom is -0.357 e. The van der Waals surface area contributed by atoms with Crippen LogP contribution in [0.5, 0.6) is 0 Å². The number of carbonyl (C=O) groups is 1. The van der Waals surface area contributed by atoms with Crippen molar-refractivity contribution in [1.29, 1.82) is 0 Å². The summed E-state index contributed by atoms with van der Waals surface area (Å²) < 4.78 is 1.79. The molecule has 98 valence electrons. The summed E-state index contributed by atoms with van der Waals surface area (Å²) in [6.45, 7) is 2.23. The van der Waals surface area contributed by atoms with Crippen LogP contribution in [0, 0.1) is 0 Å². The maximum atomic E-state index is 11.9. The third-order valence-corrected chi connectivity index (χ3v) is 3.87. The number of nitrogens with zero attached hydrogens (tertiary/aromatic N) is 2. The van der Waals surface area contributed by atoms with Crippen molar-refractivity contribution < 1.29 is 4.79 Å². The molecule has 1 unspecified atom stereocenters. The highest BCUT2D eigenvalue weighted by molar-refractivity contribution is 9.11. The molecular weight excluding hydrogens is 364 g/mol. The van der Waals surface area contributed by atoms with E-state index in [-0.39, 0.29) is 11.9 Å². The molecule has 18 heavy (non-hydrogen) atoms. The quantitative estimate of drug-likeness (QED) is 0.811. The number of halogens is 2. The van der Waals surface area contributed by atoms with Crippen LogP contribution < -0.4 is 15.5 Å². The Balaban J connectivity index is 2.30. The zero-order chi connectivity index (χ0) is 13.1. The van der Waals surface area contributed by atoms with Crippen molar-refractivity contribution >= 4 is 43.6 Å². The molecule has 1 fully saturated rings. The Hall–Kier alpha value is -0.660. The van der Waals surface area contributed by atoms with E-state index < -0.39 is 0 Å². The van der Waals surface area contributed by atoms with Gasteiger partial charge in [-0.05, 0) is 37.9 Å². The molecule has 1 aliphatic rings. The molecule has 1 aromatic heterocycles. The van der Waals surface area contributed by atoms with E-state index in [0.717, 1.165) is 27.9 Å². The van der Waals surface area contributed by atoms with Gasteiger partial charge in [-0.15, -0.1) is 0 Å². The van der Waals surface area contributed by atoms with E-state index in [2.05, 4.69) is 47.5 Å². The van der Waals surface area contributed by atoms with Crippen LogP contribution in [0.25, 0.3) is 0 Å². The fourth-order valence-corrected chi connectivity index (χ4v) is 3.19. The maximum Gasteiger partial charge on any atom is 0.243 e. The minimum atomic E-state index is -0.228. The van der Waals surface area contributed by atoms with Crippen LogP contribution in [0.2, 0.25) is 0 Å². The van der Waals surface area contributed by atoms with Gasteiger partial charge in [0.05, 0.1) is 4.47 Å². The second-order valence-electron chi connectivity index (χ2n) is 3.99. The van der Waals surface area contributed by atoms with Crippen molar-refractivity contribution in [2.75, 3.05) is 31.6 Å². The molecule has 0 aliphatic carbocycles. The average Bonchev–Trinajstić information content (AvgIpc) is 2.38. The Kier molecular flexibility index (Phi) is 4.58. The van der Waals surface area contributed by atoms with E-state index in [9.17, 15) is 4.79 Å². The molecular formula is C11H14Br2N4O. The van der Waals surface area contributed by atoms with E-state index in [0.29, 0.717) is 6.54 Å². The van der Waals surface area contributed by atoms with Crippen molar-refractivity contribution in [3.8, 4) is 0 Å². The summed E-state index contributed by atoms with van der Waals surface area (Å²) in [7, 11) is 1.65. The molecule has 1 amide bonds. The molecule has 0 spiro atoms. The molecule has 1 aliphatic heterocycles. The first-order chi connectivity index (χ1) is 8.63. The molecule has 1 aromatic rings. The van der Waals surface area contributed by atoms with Gasteiger partial charge < -0.3 is 15.5 Å². The van der Waals surface area contributed by atoms with Gasteiger partial charge in [-0.25, -0.2) is 4.98 Å². The molecule has 0 radical (unpaired) electrons. The molecule has 1 saturated heterocycles. The van der Waals surface area contributed by atoms with Crippen molar-refractivity contribution in [3.05, 3.63) is 21.2 Å². The zero-order valence-corrected chi connectivity index (χ0v) is 13.1. The summed E-state index contributed by atoms with van der Waals surface area (Å²) in [5.74, 6) is 0.798. The maximum absolute atomic E-state index is 11.9. The molecule has 1 atom stereocenters. The standard InChI is InChI=1S/C11H14Br2N4O/c1-14-11(18)9-6-15-2-3-17(9)10-8(13)4-7(12)5-16-10/h4-5,9,15H,2-3,6H2,1H3,(H,14,18). The molecule has 2 rings (SSSR count). The number of carbonyl (C=O) groups excluding carboxylic acids is 1. The normalized spacial score (nSPS) is 19.7. The predicted molar refractivity (Wildman–Crippen MR) is 77.7 cm³/mol. The van der Waals surface area contributed by atoms with Gasteiger partial charge in [0.15, 0.2) is 0 Å². The van der Waals surface area contributed by atoms with Crippen LogP contribution in [0.1, 0.15) is 0 Å². The van der Waals surface area contributed by atoms with Crippen LogP contribution in [0.3, 0.4) is 0 Å². The highest BCUT2D eigenvalue weighted by atomic mass is 79.9. The number of aromatic nitrogens is 1. The summed E-state index contributed by atoms with van der Waals surface area (Å²) in [4.78, 5) is 18.3. The Morgan fingerprint density at radius 2 is 2.39 bits per heavy atom. The number of nitrogens with one attached hydrogen (secondary N) is 2. The lowest BCUT2D eigenvalue weighted by Crippen LogP contribution is -2.58. The molecule has 7 heteroatoms. The third-order valence-electron chi connectivity index (χ3n) is 2.85. The molecule has 2 N–H and O–H groups in total. The lowest BCUT2D eigenvalue weighted by molar-refractivity contribution is -0.122. The van der Waals surface area contributed by atoms with Crippen LogP contribution >= 0.6 is 31.9 Å². The number of hydrogen-bond acceptors (Lipinski definition) is 4. The number of rotatable bonds is 2. The lowest BCUT2D eigenvalue weighted by atomic mass is 10.1. The average molecular weight is 378 g/mol. The molecule has 0 bridgehead atoms. The van der Waals surface area contributed by atoms with Gasteiger partial charge >= 0.3 is 0 Å². The summed E-state index contributed by atoms with van der Waals surface area (Å²) in [5, 5.41) is 5.92. The number of likely N-dealkylation sites (N-methyl/N-ethyl adjacent to an activating group) is 1. The fourth-order valence-electron chi connectivity index (χ4n) is 1.98. The first kappa shape index (κ1) is 13.8. The van der Waals surface area contributed by atoms with Crippen LogP contribution in [-0.2, 0) is 4.79 Å². The number of pyridine rings is 1. The van der Waals surface area contributed by atoms with Crippen LogP contribution in [0.15, 0.2) is 21.2 Å². The largest absolute Gasteiger partial charge is 0.357 e. The first-order valence-corrected chi connectivity index (χ1v) is 7.22. The van der Waals surface area contributed by atoms with Crippen LogP contribution in [0.4, 0.5) is 5.82 Å². The highest BCUT2D eigenvalue weighted by Crippen LogP contribution is 2.28. The molecule has 2 heterocycles. The van der Waals surface area contributed by atoms with Gasteiger partial charge in [0.25, 0.3) is 0 Å². The third kappa shape index (κ3) is 2.84. The Morgan fingerprint density at radius 1 is 1.61 bits per heavy atom. The van der Waals surface area contributed by atoms with E-state index in [1.54, 1.807) is 13.2 Å². The first-order valence-electron chi connectivity index (χ1n) is 5.63. The van der Waals surface area contributed by atoms with Gasteiger partial charge in [0, 0.05) is 37.4 Å². The summed E-state index contributed by atoms with van der Waals surface area (Å²) >= 11 is 6.87. The summed E-state index contributed by atoms with van der Waals surface area (Å²) in [6, 6.07) is 1.71. The minimum absolute atomic E-state index is 0.00109. The Bertz CT molecular complexity index is 455. The monoisotopic (exact) mass is 376 g/mol. The topological polar surface area (TPSA) is 57.3 Å². The van der Waals surface area contributed by atoms with E-state index in [1.807, 2.05) is 11.0 Å². The second kappa shape index (κ2) is 5.99. The SMILES string of the molecule is CNC(=O)C1CNCCN1c1ncc(Br)cc1Br. The van der Waals surface area contributed by atoms with E-state index in [4.69, 9.17) is 0 Å². The molecule has 0 aromatic carbocycles. The fraction of sp³-hybridized carbons (Fsp3) is 0.455. The number of amides is 1. The highest BCUT2D eigenvalue weighted by Gasteiger charge is 2.29. The van der Waals surface area contributed by atoms with Gasteiger partial charge in [0.2, 0.25) is 5.91 Å². The molecule has 0 saturated carbocycles. The molecule has 5 nitrogen and oxygen atoms in total. The number of piperazine rings is 1. The zero-order valence-electron chi connectivity index (χ0n) is 9.91. The Labute approximate surface area is 123 Å². The van der Waals surface area contributed by atoms with Gasteiger partial charge in [-0.3, -0.25) is 4.79 Å². The smallest absolute Gasteiger partial charge is 0.243 e. The number of anilines is 1. The summed E-state index contributed by atoms with van der Waals surface area (Å²) in [5.41, 5.74) is 0. The van der Waals surface area contributed by atoms with Gasteiger partial charge in [-0.2, -0.15) is 0 Å². The van der Waals surface area contributed by atoms with Gasteiger partial charge in [-0.1, -0.05) is 0 Å². The van der Waals surface area contributed by atoms with E-state index in [1.165, 1.54) is 0 Å². The van der Waals surface area contributed by atoms with Crippen LogP contribution in [-0.4, -0.2) is 43.6 Å². The van der Waals surface area contributed by atoms with Crippen molar-refractivity contribution in [1.82, 2.24) is 15.6 Å². The predicted octanol–water partition coefficient (Wildman–Crippen LogP) is 1.13. The van der Waals surface area contributed by atoms with Crippen molar-refractivity contribution in [2.24, 2.45) is 0 Å². The number of hydrogen-bond donors (Lipinski definition) is 2. The second-order valence-corrected chi connectivity index (χ2v) is 5.76. The summed E-state index contributed by atoms with van der Waals surface area (Å²) in [6.07, 6.45) is 1.74. The van der Waals surface area contributed by atoms with E-state index >= 15 is 0 Å². The lowest BCUT2D eigenvalue weighted by Gasteiger charge is -2.36. The van der Waals surface area contributed by atoms with Gasteiger partial charge in [0.1, 0.15) is 11.9 Å². The van der Waals surface area contributed by atoms with Crippen molar-refractivity contribution in [3.63, 3.8) is 0 Å². The van der Waals surface area contributed by atoms with Crippen molar-refractivity contribution in [2.45, 2.75) is 6.04 Å². The Morgan fingerprint density at radius 3 is 3.06 bits per heavy atom.